The minimum absolute atomic E-state index is 0.126. The second-order valence-electron chi connectivity index (χ2n) is 6.13. The Morgan fingerprint density at radius 1 is 1.23 bits per heavy atom. The van der Waals surface area contributed by atoms with Crippen molar-refractivity contribution in [1.82, 2.24) is 9.55 Å². The molecule has 20 heteroatoms. The molecule has 3 unspecified atom stereocenters. The lowest BCUT2D eigenvalue weighted by molar-refractivity contribution is -0.0985. The number of phosphoric ester groups is 1. The van der Waals surface area contributed by atoms with Crippen LogP contribution in [0.3, 0.4) is 0 Å². The van der Waals surface area contributed by atoms with Crippen molar-refractivity contribution >= 4 is 29.3 Å². The van der Waals surface area contributed by atoms with E-state index < -0.39 is 59.8 Å². The number of nitrogens with zero attached hydrogens (tertiary/aromatic N) is 2. The summed E-state index contributed by atoms with van der Waals surface area (Å²) in [4.78, 5) is 50.8. The molecule has 8 N–H and O–H groups in total. The molecular weight excluding hydrogens is 479 g/mol. The molecule has 1 saturated heterocycles. The van der Waals surface area contributed by atoms with Gasteiger partial charge in [0.05, 0.1) is 6.61 Å². The Labute approximate surface area is 167 Å². The molecule has 1 aromatic heterocycles. The summed E-state index contributed by atoms with van der Waals surface area (Å²) < 4.78 is 51.1. The maximum absolute atomic E-state index is 11.9. The van der Waals surface area contributed by atoms with Crippen LogP contribution in [-0.2, 0) is 31.6 Å². The molecule has 0 saturated carbocycles. The van der Waals surface area contributed by atoms with E-state index in [4.69, 9.17) is 25.2 Å². The van der Waals surface area contributed by atoms with E-state index in [-0.39, 0.29) is 5.82 Å². The molecule has 2 heterocycles. The largest absolute Gasteiger partial charge is 0.490 e. The van der Waals surface area contributed by atoms with Crippen molar-refractivity contribution in [2.45, 2.75) is 31.0 Å². The number of phosphoric acid groups is 3. The highest BCUT2D eigenvalue weighted by molar-refractivity contribution is 7.66. The van der Waals surface area contributed by atoms with Gasteiger partial charge in [-0.1, -0.05) is 0 Å². The summed E-state index contributed by atoms with van der Waals surface area (Å²) in [5.74, 6) is -0.126. The number of hydrogen-bond donors (Lipinski definition) is 7. The fourth-order valence-electron chi connectivity index (χ4n) is 2.45. The molecule has 0 radical (unpaired) electrons. The van der Waals surface area contributed by atoms with E-state index in [9.17, 15) is 33.6 Å². The first kappa shape index (κ1) is 25.2. The minimum atomic E-state index is -5.73. The Kier molecular flexibility index (Phi) is 7.14. The van der Waals surface area contributed by atoms with Gasteiger partial charge in [0.2, 0.25) is 0 Å². The normalized spacial score (nSPS) is 31.2. The summed E-state index contributed by atoms with van der Waals surface area (Å²) >= 11 is 0. The quantitative estimate of drug-likeness (QED) is 0.195. The topological polar surface area (TPSA) is 270 Å². The van der Waals surface area contributed by atoms with Crippen molar-refractivity contribution < 1.29 is 61.4 Å². The third-order valence-electron chi connectivity index (χ3n) is 3.68. The Bertz CT molecular complexity index is 990. The van der Waals surface area contributed by atoms with Crippen LogP contribution in [0.2, 0.25) is 0 Å². The summed E-state index contributed by atoms with van der Waals surface area (Å²) in [5, 5.41) is 20.7. The van der Waals surface area contributed by atoms with Crippen LogP contribution in [0.1, 0.15) is 13.2 Å². The number of hydrogen-bond acceptors (Lipinski definition) is 12. The number of aromatic nitrogens is 2. The number of rotatable bonds is 8. The number of nitrogens with two attached hydrogens (primary N) is 1. The maximum Gasteiger partial charge on any atom is 0.490 e. The average Bonchev–Trinajstić information content (AvgIpc) is 2.73. The third kappa shape index (κ3) is 6.24. The van der Waals surface area contributed by atoms with Gasteiger partial charge in [-0.15, -0.1) is 0 Å². The van der Waals surface area contributed by atoms with Crippen LogP contribution in [0.15, 0.2) is 17.1 Å². The lowest BCUT2D eigenvalue weighted by Crippen LogP contribution is -2.46. The standard InChI is InChI=1S/C10H18N3O14P3/c1-10(16)7(14)5(25-8(10)13-3-2-6(11)12-9(13)15)4-24-29(20,21)27-30(22,23)26-28(17,18)19/h2-3,5,7-8,14,16H,4H2,1H3,(H,20,21)(H,22,23)(H2,11,12,15)(H2,17,18,19)/t5-,7+,8-,10?/m1/s1. The van der Waals surface area contributed by atoms with Crippen molar-refractivity contribution in [2.24, 2.45) is 0 Å². The van der Waals surface area contributed by atoms with Gasteiger partial charge in [-0.05, 0) is 13.0 Å². The van der Waals surface area contributed by atoms with E-state index in [2.05, 4.69) is 18.1 Å². The van der Waals surface area contributed by atoms with Gasteiger partial charge in [0.25, 0.3) is 0 Å². The minimum Gasteiger partial charge on any atom is -0.387 e. The molecule has 0 bridgehead atoms. The van der Waals surface area contributed by atoms with Crippen LogP contribution in [0.5, 0.6) is 0 Å². The molecule has 17 nitrogen and oxygen atoms in total. The average molecular weight is 497 g/mol. The summed E-state index contributed by atoms with van der Waals surface area (Å²) in [6.45, 7) is 0.0462. The van der Waals surface area contributed by atoms with Crippen LogP contribution in [0.25, 0.3) is 0 Å². The first-order valence-electron chi connectivity index (χ1n) is 7.62. The van der Waals surface area contributed by atoms with E-state index in [1.807, 2.05) is 0 Å². The molecular formula is C10H18N3O14P3. The lowest BCUT2D eigenvalue weighted by atomic mass is 9.96. The van der Waals surface area contributed by atoms with Crippen molar-refractivity contribution in [2.75, 3.05) is 12.3 Å². The Hall–Kier alpha value is -1.03. The molecule has 6 atom stereocenters. The van der Waals surface area contributed by atoms with Gasteiger partial charge in [-0.3, -0.25) is 9.09 Å². The van der Waals surface area contributed by atoms with E-state index in [1.54, 1.807) is 0 Å². The van der Waals surface area contributed by atoms with E-state index >= 15 is 0 Å². The number of ether oxygens (including phenoxy) is 1. The molecule has 1 fully saturated rings. The summed E-state index contributed by atoms with van der Waals surface area (Å²) in [6, 6.07) is 1.20. The highest BCUT2D eigenvalue weighted by Crippen LogP contribution is 2.66. The zero-order valence-electron chi connectivity index (χ0n) is 14.9. The highest BCUT2D eigenvalue weighted by atomic mass is 31.3. The second-order valence-corrected chi connectivity index (χ2v) is 10.5. The predicted octanol–water partition coefficient (Wildman–Crippen LogP) is -1.82. The molecule has 0 aliphatic carbocycles. The van der Waals surface area contributed by atoms with E-state index in [0.717, 1.165) is 17.7 Å². The van der Waals surface area contributed by atoms with Crippen molar-refractivity contribution in [1.29, 1.82) is 0 Å². The van der Waals surface area contributed by atoms with Crippen LogP contribution in [0.4, 0.5) is 5.82 Å². The van der Waals surface area contributed by atoms with Gasteiger partial charge >= 0.3 is 29.2 Å². The predicted molar refractivity (Wildman–Crippen MR) is 93.3 cm³/mol. The van der Waals surface area contributed by atoms with Gasteiger partial charge in [0, 0.05) is 6.20 Å². The maximum atomic E-state index is 11.9. The third-order valence-corrected chi connectivity index (χ3v) is 7.48. The van der Waals surface area contributed by atoms with Gasteiger partial charge in [0.15, 0.2) is 6.23 Å². The SMILES string of the molecule is CC1(O)[C@@H](O)[C@@H](COP(=O)(O)OP(=O)(O)OP(=O)(O)O)O[C@H]1n1ccc(N)nc1=O. The Morgan fingerprint density at radius 2 is 1.83 bits per heavy atom. The Morgan fingerprint density at radius 3 is 2.37 bits per heavy atom. The van der Waals surface area contributed by atoms with Crippen molar-refractivity contribution in [3.8, 4) is 0 Å². The zero-order chi connectivity index (χ0) is 23.1. The smallest absolute Gasteiger partial charge is 0.387 e. The molecule has 172 valence electrons. The molecule has 2 rings (SSSR count). The second kappa shape index (κ2) is 8.48. The molecule has 0 spiro atoms. The van der Waals surface area contributed by atoms with Gasteiger partial charge < -0.3 is 40.3 Å². The fourth-order valence-corrected chi connectivity index (χ4v) is 5.48. The summed E-state index contributed by atoms with van der Waals surface area (Å²) in [7, 11) is -16.8. The van der Waals surface area contributed by atoms with Crippen LogP contribution in [-0.4, -0.2) is 63.8 Å². The van der Waals surface area contributed by atoms with Crippen molar-refractivity contribution in [3.63, 3.8) is 0 Å². The number of aliphatic hydroxyl groups excluding tert-OH is 1. The molecule has 0 amide bonds. The zero-order valence-corrected chi connectivity index (χ0v) is 17.5. The molecule has 0 aromatic carbocycles. The first-order chi connectivity index (χ1) is 13.4. The number of anilines is 1. The van der Waals surface area contributed by atoms with Gasteiger partial charge in [-0.2, -0.15) is 13.6 Å². The monoisotopic (exact) mass is 497 g/mol. The molecule has 1 aliphatic heterocycles. The van der Waals surface area contributed by atoms with E-state index in [1.165, 1.54) is 6.07 Å². The lowest BCUT2D eigenvalue weighted by Gasteiger charge is -2.27. The summed E-state index contributed by atoms with van der Waals surface area (Å²) in [6.07, 6.45) is -3.80. The highest BCUT2D eigenvalue weighted by Gasteiger charge is 2.54. The van der Waals surface area contributed by atoms with E-state index in [0.29, 0.717) is 0 Å². The number of aliphatic hydroxyl groups is 2. The Balaban J connectivity index is 2.12. The van der Waals surface area contributed by atoms with Gasteiger partial charge in [0.1, 0.15) is 23.6 Å². The van der Waals surface area contributed by atoms with Gasteiger partial charge in [-0.25, -0.2) is 18.5 Å². The molecule has 1 aliphatic rings. The van der Waals surface area contributed by atoms with Crippen molar-refractivity contribution in [3.05, 3.63) is 22.7 Å². The van der Waals surface area contributed by atoms with Crippen LogP contribution < -0.4 is 11.4 Å². The number of nitrogen functional groups attached to an aromatic ring is 1. The first-order valence-corrected chi connectivity index (χ1v) is 12.1. The molecule has 1 aromatic rings. The van der Waals surface area contributed by atoms with Crippen LogP contribution >= 0.6 is 23.5 Å². The summed E-state index contributed by atoms with van der Waals surface area (Å²) in [5.41, 5.74) is 2.28. The van der Waals surface area contributed by atoms with Crippen LogP contribution in [0, 0.1) is 0 Å². The molecule has 30 heavy (non-hydrogen) atoms. The fraction of sp³-hybridized carbons (Fsp3) is 0.600.